The van der Waals surface area contributed by atoms with Crippen LogP contribution in [-0.4, -0.2) is 25.9 Å². The minimum atomic E-state index is -1.55. The topological polar surface area (TPSA) is 82.7 Å². The van der Waals surface area contributed by atoms with E-state index in [0.717, 1.165) is 5.52 Å². The zero-order valence-electron chi connectivity index (χ0n) is 10.2. The van der Waals surface area contributed by atoms with E-state index in [4.69, 9.17) is 5.11 Å². The van der Waals surface area contributed by atoms with Crippen molar-refractivity contribution in [3.63, 3.8) is 0 Å². The first-order valence-electron chi connectivity index (χ1n) is 5.70. The van der Waals surface area contributed by atoms with Gasteiger partial charge in [0.05, 0.1) is 5.52 Å². The molecule has 3 N–H and O–H groups in total. The number of carbonyl (C=O) groups is 1. The number of carboxylic acid groups (broad SMARTS) is 1. The molecule has 0 saturated heterocycles. The average Bonchev–Trinajstić information content (AvgIpc) is 2.59. The second kappa shape index (κ2) is 4.34. The summed E-state index contributed by atoms with van der Waals surface area (Å²) in [6.45, 7) is 4.33. The van der Waals surface area contributed by atoms with Gasteiger partial charge in [-0.1, -0.05) is 0 Å². The van der Waals surface area contributed by atoms with Crippen LogP contribution < -0.4 is 0 Å². The molecule has 1 heterocycles. The van der Waals surface area contributed by atoms with Crippen LogP contribution in [0.15, 0.2) is 18.2 Å². The summed E-state index contributed by atoms with van der Waals surface area (Å²) in [5.41, 5.74) is 1.82. The van der Waals surface area contributed by atoms with Gasteiger partial charge in [-0.25, -0.2) is 4.79 Å². The van der Waals surface area contributed by atoms with Gasteiger partial charge in [0.2, 0.25) is 0 Å². The summed E-state index contributed by atoms with van der Waals surface area (Å²) in [4.78, 5) is 11.0. The van der Waals surface area contributed by atoms with Crippen molar-refractivity contribution in [2.24, 2.45) is 0 Å². The Bertz CT molecular complexity index is 615. The Morgan fingerprint density at radius 2 is 2.11 bits per heavy atom. The number of aliphatic hydroxyl groups is 1. The predicted octanol–water partition coefficient (Wildman–Crippen LogP) is 1.79. The van der Waals surface area contributed by atoms with Crippen LogP contribution >= 0.6 is 0 Å². The molecule has 1 aromatic heterocycles. The molecule has 96 valence electrons. The number of hydrogen-bond donors (Lipinski definition) is 3. The zero-order valence-corrected chi connectivity index (χ0v) is 10.2. The van der Waals surface area contributed by atoms with Crippen LogP contribution in [0.1, 0.15) is 24.3 Å². The van der Waals surface area contributed by atoms with Crippen molar-refractivity contribution in [2.75, 3.05) is 0 Å². The van der Waals surface area contributed by atoms with E-state index < -0.39 is 12.1 Å². The van der Waals surface area contributed by atoms with Crippen molar-refractivity contribution in [2.45, 2.75) is 26.5 Å². The standard InChI is InChI=1S/C13H15NO4/c1-3-14-7(2)11(12(16)13(17)18)9-5-4-8(15)6-10(9)14/h4-6,12,15-16H,3H2,1-2H3,(H,17,18). The van der Waals surface area contributed by atoms with Crippen LogP contribution in [0.3, 0.4) is 0 Å². The molecule has 0 spiro atoms. The Labute approximate surface area is 104 Å². The highest BCUT2D eigenvalue weighted by Gasteiger charge is 2.24. The van der Waals surface area contributed by atoms with Crippen LogP contribution in [0.4, 0.5) is 0 Å². The van der Waals surface area contributed by atoms with Crippen molar-refractivity contribution >= 4 is 16.9 Å². The summed E-state index contributed by atoms with van der Waals surface area (Å²) >= 11 is 0. The Morgan fingerprint density at radius 1 is 1.44 bits per heavy atom. The fourth-order valence-corrected chi connectivity index (χ4v) is 2.37. The molecule has 2 rings (SSSR count). The highest BCUT2D eigenvalue weighted by atomic mass is 16.4. The monoisotopic (exact) mass is 249 g/mol. The fourth-order valence-electron chi connectivity index (χ4n) is 2.37. The molecule has 0 saturated carbocycles. The molecule has 5 nitrogen and oxygen atoms in total. The van der Waals surface area contributed by atoms with E-state index >= 15 is 0 Å². The lowest BCUT2D eigenvalue weighted by atomic mass is 10.1. The summed E-state index contributed by atoms with van der Waals surface area (Å²) in [6.07, 6.45) is -1.55. The van der Waals surface area contributed by atoms with E-state index in [2.05, 4.69) is 0 Å². The third-order valence-electron chi connectivity index (χ3n) is 3.18. The number of benzene rings is 1. The summed E-state index contributed by atoms with van der Waals surface area (Å²) < 4.78 is 1.87. The number of phenols is 1. The molecule has 0 aliphatic heterocycles. The molecular weight excluding hydrogens is 234 g/mol. The molecule has 0 bridgehead atoms. The van der Waals surface area contributed by atoms with E-state index in [-0.39, 0.29) is 5.75 Å². The van der Waals surface area contributed by atoms with Crippen molar-refractivity contribution in [1.82, 2.24) is 4.57 Å². The highest BCUT2D eigenvalue weighted by molar-refractivity contribution is 5.91. The lowest BCUT2D eigenvalue weighted by Crippen LogP contribution is -2.11. The maximum atomic E-state index is 11.0. The van der Waals surface area contributed by atoms with Gasteiger partial charge in [-0.3, -0.25) is 0 Å². The van der Waals surface area contributed by atoms with E-state index in [0.29, 0.717) is 23.2 Å². The summed E-state index contributed by atoms with van der Waals surface area (Å²) in [5, 5.41) is 28.9. The molecule has 1 atom stereocenters. The van der Waals surface area contributed by atoms with Crippen LogP contribution in [0, 0.1) is 6.92 Å². The number of aliphatic carboxylic acids is 1. The molecule has 2 aromatic rings. The number of carboxylic acids is 1. The summed E-state index contributed by atoms with van der Waals surface area (Å²) in [5.74, 6) is -1.16. The van der Waals surface area contributed by atoms with Gasteiger partial charge in [-0.15, -0.1) is 0 Å². The number of nitrogens with zero attached hydrogens (tertiary/aromatic N) is 1. The minimum absolute atomic E-state index is 0.117. The molecule has 0 radical (unpaired) electrons. The smallest absolute Gasteiger partial charge is 0.337 e. The molecule has 0 fully saturated rings. The van der Waals surface area contributed by atoms with Gasteiger partial charge in [-0.05, 0) is 26.0 Å². The average molecular weight is 249 g/mol. The quantitative estimate of drug-likeness (QED) is 0.774. The Morgan fingerprint density at radius 3 is 2.67 bits per heavy atom. The molecule has 5 heteroatoms. The van der Waals surface area contributed by atoms with Gasteiger partial charge < -0.3 is 19.9 Å². The Balaban J connectivity index is 2.81. The summed E-state index contributed by atoms with van der Waals surface area (Å²) in [6, 6.07) is 4.69. The lowest BCUT2D eigenvalue weighted by molar-refractivity contribution is -0.146. The normalized spacial score (nSPS) is 12.8. The molecule has 18 heavy (non-hydrogen) atoms. The van der Waals surface area contributed by atoms with Crippen LogP contribution in [0.25, 0.3) is 10.9 Å². The van der Waals surface area contributed by atoms with E-state index in [9.17, 15) is 15.0 Å². The number of fused-ring (bicyclic) bond motifs is 1. The van der Waals surface area contributed by atoms with Gasteiger partial charge in [0, 0.05) is 29.3 Å². The highest BCUT2D eigenvalue weighted by Crippen LogP contribution is 2.32. The Kier molecular flexibility index (Phi) is 3.00. The zero-order chi connectivity index (χ0) is 13.4. The lowest BCUT2D eigenvalue weighted by Gasteiger charge is -2.07. The van der Waals surface area contributed by atoms with Crippen LogP contribution in [0.2, 0.25) is 0 Å². The number of hydrogen-bond acceptors (Lipinski definition) is 3. The maximum absolute atomic E-state index is 11.0. The first kappa shape index (κ1) is 12.4. The SMILES string of the molecule is CCn1c(C)c(C(O)C(=O)O)c2ccc(O)cc21. The summed E-state index contributed by atoms with van der Waals surface area (Å²) in [7, 11) is 0. The van der Waals surface area contributed by atoms with E-state index in [1.165, 1.54) is 6.07 Å². The van der Waals surface area contributed by atoms with Crippen molar-refractivity contribution < 1.29 is 20.1 Å². The molecular formula is C13H15NO4. The number of phenolic OH excluding ortho intramolecular Hbond substituents is 1. The third-order valence-corrected chi connectivity index (χ3v) is 3.18. The van der Waals surface area contributed by atoms with Gasteiger partial charge in [-0.2, -0.15) is 0 Å². The number of aromatic hydroxyl groups is 1. The van der Waals surface area contributed by atoms with Gasteiger partial charge in [0.25, 0.3) is 0 Å². The van der Waals surface area contributed by atoms with Crippen molar-refractivity contribution in [1.29, 1.82) is 0 Å². The van der Waals surface area contributed by atoms with Gasteiger partial charge in [0.1, 0.15) is 5.75 Å². The largest absolute Gasteiger partial charge is 0.508 e. The molecule has 0 aliphatic rings. The van der Waals surface area contributed by atoms with E-state index in [1.54, 1.807) is 19.1 Å². The maximum Gasteiger partial charge on any atom is 0.337 e. The van der Waals surface area contributed by atoms with Crippen LogP contribution in [-0.2, 0) is 11.3 Å². The second-order valence-electron chi connectivity index (χ2n) is 4.19. The number of rotatable bonds is 3. The van der Waals surface area contributed by atoms with Gasteiger partial charge in [0.15, 0.2) is 6.10 Å². The fraction of sp³-hybridized carbons (Fsp3) is 0.308. The molecule has 1 unspecified atom stereocenters. The first-order chi connectivity index (χ1) is 8.47. The number of aromatic nitrogens is 1. The first-order valence-corrected chi connectivity index (χ1v) is 5.70. The number of aryl methyl sites for hydroxylation is 1. The predicted molar refractivity (Wildman–Crippen MR) is 66.6 cm³/mol. The van der Waals surface area contributed by atoms with Gasteiger partial charge >= 0.3 is 5.97 Å². The van der Waals surface area contributed by atoms with Crippen LogP contribution in [0.5, 0.6) is 5.75 Å². The minimum Gasteiger partial charge on any atom is -0.508 e. The molecule has 0 aliphatic carbocycles. The molecule has 1 aromatic carbocycles. The number of aliphatic hydroxyl groups excluding tert-OH is 1. The third kappa shape index (κ3) is 1.73. The van der Waals surface area contributed by atoms with Crippen molar-refractivity contribution in [3.05, 3.63) is 29.5 Å². The second-order valence-corrected chi connectivity index (χ2v) is 4.19. The van der Waals surface area contributed by atoms with E-state index in [1.807, 2.05) is 11.5 Å². The Hall–Kier alpha value is -2.01. The van der Waals surface area contributed by atoms with Crippen molar-refractivity contribution in [3.8, 4) is 5.75 Å². The molecule has 0 amide bonds.